The third-order valence-corrected chi connectivity index (χ3v) is 18.4. The van der Waals surface area contributed by atoms with Crippen molar-refractivity contribution in [3.05, 3.63) is 192 Å². The Morgan fingerprint density at radius 3 is 0.906 bits per heavy atom. The van der Waals surface area contributed by atoms with Crippen molar-refractivity contribution in [2.45, 2.75) is 51.0 Å². The molecule has 0 N–H and O–H groups in total. The Kier molecular flexibility index (Phi) is 19.6. The van der Waals surface area contributed by atoms with E-state index >= 15 is 28.8 Å². The van der Waals surface area contributed by atoms with Crippen molar-refractivity contribution >= 4 is 78.7 Å². The highest BCUT2D eigenvalue weighted by Crippen LogP contribution is 2.58. The van der Waals surface area contributed by atoms with E-state index in [2.05, 4.69) is 0 Å². The van der Waals surface area contributed by atoms with E-state index in [0.717, 1.165) is 9.80 Å². The molecule has 540 valence electrons. The topological polar surface area (TPSA) is 263 Å². The number of esters is 2. The van der Waals surface area contributed by atoms with Crippen LogP contribution in [0.4, 0.5) is 0 Å². The molecule has 4 heterocycles. The standard InChI is InChI=1S/C82H70N2O22/c1-7-95-31-29-63(81(89)105-47-25-21-45(22-26-47)97-41-57-43-99-57)83-77(85)59-37-65(101-53-17-9-13-49(33-53)91-3)71-73-67(103-55-19-11-15-51(35-55)93-5)39-61-70-62(80(88)84(79(61)87)64(30-32-96-8-2)82(90)106-48-27-23-46(24-28-48)98-42-58-44-100-58)40-68(104-56-20-12-16-52(36-56)94-6)74(76(70)73)72-66(38-60(78(83)86)69(59)75(71)72)102-54-18-10-14-50(34-54)92-4/h9-28,33-40,57-58,63-64H,7-8,29-32,41-44H2,1-6H3. The third-order valence-electron chi connectivity index (χ3n) is 18.4. The van der Waals surface area contributed by atoms with Gasteiger partial charge < -0.3 is 75.8 Å². The van der Waals surface area contributed by atoms with Gasteiger partial charge in [0.1, 0.15) is 129 Å². The van der Waals surface area contributed by atoms with Crippen molar-refractivity contribution in [1.82, 2.24) is 9.80 Å². The molecule has 24 nitrogen and oxygen atoms in total. The zero-order chi connectivity index (χ0) is 73.3. The van der Waals surface area contributed by atoms with Crippen molar-refractivity contribution in [3.8, 4) is 92.0 Å². The highest BCUT2D eigenvalue weighted by molar-refractivity contribution is 6.45. The van der Waals surface area contributed by atoms with Crippen LogP contribution < -0.4 is 56.8 Å². The summed E-state index contributed by atoms with van der Waals surface area (Å²) < 4.78 is 97.8. The van der Waals surface area contributed by atoms with E-state index in [4.69, 9.17) is 75.8 Å². The summed E-state index contributed by atoms with van der Waals surface area (Å²) in [7, 11) is 5.97. The fourth-order valence-electron chi connectivity index (χ4n) is 13.3. The van der Waals surface area contributed by atoms with Crippen molar-refractivity contribution in [3.63, 3.8) is 0 Å². The summed E-state index contributed by atoms with van der Waals surface area (Å²) in [4.78, 5) is 97.4. The van der Waals surface area contributed by atoms with Crippen LogP contribution in [-0.2, 0) is 28.5 Å². The maximum atomic E-state index is 16.4. The fourth-order valence-corrected chi connectivity index (χ4v) is 13.3. The zero-order valence-corrected chi connectivity index (χ0v) is 58.4. The van der Waals surface area contributed by atoms with Gasteiger partial charge in [0, 0.05) is 107 Å². The van der Waals surface area contributed by atoms with E-state index in [1.165, 1.54) is 77.0 Å². The predicted molar refractivity (Wildman–Crippen MR) is 385 cm³/mol. The first-order chi connectivity index (χ1) is 51.7. The van der Waals surface area contributed by atoms with Gasteiger partial charge in [-0.1, -0.05) is 24.3 Å². The first-order valence-electron chi connectivity index (χ1n) is 34.4. The molecule has 4 amide bonds. The lowest BCUT2D eigenvalue weighted by atomic mass is 9.80. The SMILES string of the molecule is CCOCCC(C(=O)Oc1ccc(OCC2CO2)cc1)N1C(=O)c2cc(Oc3cccc(OC)c3)c3c4c(Oc5cccc(OC)c5)cc5c6c(cc(Oc7cccc(OC)c7)c(c7c(Oc8cccc(OC)c8)cc(c2c37)C1=O)c64)C(=O)N(C(CCOCC)C(=O)Oc1ccc(OCC2CO2)cc1)C5=O. The van der Waals surface area contributed by atoms with Gasteiger partial charge in [-0.05, 0) is 135 Å². The smallest absolute Gasteiger partial charge is 0.334 e. The highest BCUT2D eigenvalue weighted by Gasteiger charge is 2.47. The average Bonchev–Trinajstić information content (AvgIpc) is 0.852. The zero-order valence-electron chi connectivity index (χ0n) is 58.4. The molecule has 106 heavy (non-hydrogen) atoms. The Labute approximate surface area is 606 Å². The lowest BCUT2D eigenvalue weighted by Gasteiger charge is -2.35. The molecule has 0 aliphatic carbocycles. The Balaban J connectivity index is 1.02. The molecule has 0 bridgehead atoms. The van der Waals surface area contributed by atoms with E-state index in [1.807, 2.05) is 0 Å². The molecule has 4 aliphatic heterocycles. The molecule has 24 heteroatoms. The largest absolute Gasteiger partial charge is 0.497 e. The first kappa shape index (κ1) is 69.5. The number of imide groups is 2. The number of benzene rings is 11. The average molecular weight is 1440 g/mol. The van der Waals surface area contributed by atoms with Crippen LogP contribution in [0.3, 0.4) is 0 Å². The molecule has 0 radical (unpaired) electrons. The lowest BCUT2D eigenvalue weighted by Crippen LogP contribution is -2.52. The second-order valence-electron chi connectivity index (χ2n) is 25.1. The number of carbonyl (C=O) groups excluding carboxylic acids is 6. The molecule has 11 aromatic carbocycles. The van der Waals surface area contributed by atoms with Gasteiger partial charge in [-0.15, -0.1) is 0 Å². The second kappa shape index (κ2) is 29.9. The van der Waals surface area contributed by atoms with E-state index in [0.29, 0.717) is 60.9 Å². The van der Waals surface area contributed by atoms with Gasteiger partial charge in [-0.25, -0.2) is 9.59 Å². The number of methoxy groups -OCH3 is 4. The van der Waals surface area contributed by atoms with Gasteiger partial charge in [0.25, 0.3) is 23.6 Å². The van der Waals surface area contributed by atoms with Crippen LogP contribution >= 0.6 is 0 Å². The van der Waals surface area contributed by atoms with E-state index < -0.39 is 47.7 Å². The summed E-state index contributed by atoms with van der Waals surface area (Å²) in [6.07, 6.45) is -0.439. The van der Waals surface area contributed by atoms with Crippen LogP contribution in [0.5, 0.6) is 92.0 Å². The Morgan fingerprint density at radius 2 is 0.642 bits per heavy atom. The van der Waals surface area contributed by atoms with E-state index in [1.54, 1.807) is 135 Å². The first-order valence-corrected chi connectivity index (χ1v) is 34.4. The molecule has 0 saturated carbocycles. The molecule has 2 fully saturated rings. The summed E-state index contributed by atoms with van der Waals surface area (Å²) in [5, 5.41) is 1.08. The van der Waals surface area contributed by atoms with Gasteiger partial charge >= 0.3 is 11.9 Å². The Hall–Kier alpha value is -12.2. The van der Waals surface area contributed by atoms with Gasteiger partial charge in [-0.3, -0.25) is 29.0 Å². The van der Waals surface area contributed by atoms with Crippen LogP contribution in [0.1, 0.15) is 68.1 Å². The summed E-state index contributed by atoms with van der Waals surface area (Å²) in [5.74, 6) is -2.25. The van der Waals surface area contributed by atoms with Crippen LogP contribution in [0.15, 0.2) is 170 Å². The maximum absolute atomic E-state index is 16.4. The summed E-state index contributed by atoms with van der Waals surface area (Å²) in [6.45, 7) is 5.69. The molecule has 0 aromatic heterocycles. The quantitative estimate of drug-likeness (QED) is 0.00721. The van der Waals surface area contributed by atoms with Gasteiger partial charge in [-0.2, -0.15) is 0 Å². The minimum absolute atomic E-state index is 0.0131. The molecular formula is C82H70N2O22. The van der Waals surface area contributed by atoms with Crippen LogP contribution in [-0.4, -0.2) is 151 Å². The number of amides is 4. The minimum Gasteiger partial charge on any atom is -0.497 e. The molecule has 2 saturated heterocycles. The van der Waals surface area contributed by atoms with Crippen LogP contribution in [0.2, 0.25) is 0 Å². The number of epoxide rings is 2. The number of carbonyl (C=O) groups is 6. The van der Waals surface area contributed by atoms with E-state index in [-0.39, 0.29) is 174 Å². The van der Waals surface area contributed by atoms with E-state index in [9.17, 15) is 0 Å². The molecule has 0 spiro atoms. The number of nitrogens with zero attached hydrogens (tertiary/aromatic N) is 2. The predicted octanol–water partition coefficient (Wildman–Crippen LogP) is 14.5. The molecule has 11 aromatic rings. The normalized spacial score (nSPS) is 15.5. The van der Waals surface area contributed by atoms with Crippen molar-refractivity contribution in [1.29, 1.82) is 0 Å². The van der Waals surface area contributed by atoms with Gasteiger partial charge in [0.2, 0.25) is 0 Å². The molecule has 4 unspecified atom stereocenters. The monoisotopic (exact) mass is 1430 g/mol. The molecule has 4 atom stereocenters. The second-order valence-corrected chi connectivity index (χ2v) is 25.1. The summed E-state index contributed by atoms with van der Waals surface area (Å²) in [6, 6.07) is 42.2. The maximum Gasteiger partial charge on any atom is 0.334 e. The number of hydrogen-bond acceptors (Lipinski definition) is 22. The fraction of sp³-hybridized carbons (Fsp3) is 0.244. The van der Waals surface area contributed by atoms with Crippen molar-refractivity contribution in [2.75, 3.05) is 81.3 Å². The summed E-state index contributed by atoms with van der Waals surface area (Å²) >= 11 is 0. The lowest BCUT2D eigenvalue weighted by molar-refractivity contribution is -0.140. The summed E-state index contributed by atoms with van der Waals surface area (Å²) in [5.41, 5.74) is -0.466. The molecular weight excluding hydrogens is 1360 g/mol. The highest BCUT2D eigenvalue weighted by atomic mass is 16.6. The number of rotatable bonds is 32. The molecule has 15 rings (SSSR count). The number of ether oxygens (including phenoxy) is 16. The minimum atomic E-state index is -1.62. The van der Waals surface area contributed by atoms with Crippen molar-refractivity contribution in [2.24, 2.45) is 0 Å². The Morgan fingerprint density at radius 1 is 0.368 bits per heavy atom. The number of fused-ring (bicyclic) bond motifs is 2. The molecule has 4 aliphatic rings. The van der Waals surface area contributed by atoms with Crippen LogP contribution in [0, 0.1) is 0 Å². The Bertz CT molecular complexity index is 4700. The third kappa shape index (κ3) is 13.8. The van der Waals surface area contributed by atoms with Gasteiger partial charge in [0.05, 0.1) is 63.9 Å². The number of hydrogen-bond donors (Lipinski definition) is 0. The van der Waals surface area contributed by atoms with Gasteiger partial charge in [0.15, 0.2) is 0 Å². The van der Waals surface area contributed by atoms with Crippen molar-refractivity contribution < 1.29 is 105 Å². The van der Waals surface area contributed by atoms with Crippen LogP contribution in [0.25, 0.3) is 43.1 Å².